The number of furan rings is 1. The molecule has 0 unspecified atom stereocenters. The van der Waals surface area contributed by atoms with Crippen molar-refractivity contribution >= 4 is 12.3 Å². The third-order valence-electron chi connectivity index (χ3n) is 6.88. The van der Waals surface area contributed by atoms with Gasteiger partial charge in [-0.05, 0) is 49.1 Å². The van der Waals surface area contributed by atoms with Crippen LogP contribution >= 0.6 is 0 Å². The Hall–Kier alpha value is -1.88. The summed E-state index contributed by atoms with van der Waals surface area (Å²) >= 11 is 0. The van der Waals surface area contributed by atoms with E-state index in [9.17, 15) is 14.7 Å². The van der Waals surface area contributed by atoms with E-state index in [1.807, 2.05) is 19.1 Å². The van der Waals surface area contributed by atoms with E-state index in [0.29, 0.717) is 24.8 Å². The molecule has 1 aromatic heterocycles. The van der Waals surface area contributed by atoms with Gasteiger partial charge in [0.05, 0.1) is 25.7 Å². The third kappa shape index (κ3) is 2.92. The van der Waals surface area contributed by atoms with Gasteiger partial charge in [0.15, 0.2) is 0 Å². The molecule has 1 N–H and O–H groups in total. The molecule has 5 heteroatoms. The smallest absolute Gasteiger partial charge is 0.333 e. The van der Waals surface area contributed by atoms with E-state index >= 15 is 0 Å². The van der Waals surface area contributed by atoms with Crippen LogP contribution in [0.5, 0.6) is 0 Å². The van der Waals surface area contributed by atoms with Gasteiger partial charge >= 0.3 is 5.97 Å². The number of aldehydes is 1. The second-order valence-corrected chi connectivity index (χ2v) is 8.23. The van der Waals surface area contributed by atoms with Crippen LogP contribution in [0.15, 0.2) is 34.7 Å². The van der Waals surface area contributed by atoms with Crippen LogP contribution in [0.1, 0.15) is 45.1 Å². The highest BCUT2D eigenvalue weighted by atomic mass is 16.5. The molecule has 0 bridgehead atoms. The maximum Gasteiger partial charge on any atom is 0.333 e. The molecule has 1 aromatic rings. The number of aliphatic hydroxyl groups is 1. The van der Waals surface area contributed by atoms with Crippen LogP contribution in [0.2, 0.25) is 0 Å². The van der Waals surface area contributed by atoms with E-state index in [4.69, 9.17) is 9.15 Å². The zero-order chi connectivity index (χ0) is 18.9. The topological polar surface area (TPSA) is 76.7 Å². The van der Waals surface area contributed by atoms with Gasteiger partial charge in [0, 0.05) is 22.8 Å². The lowest BCUT2D eigenvalue weighted by Crippen LogP contribution is -2.57. The van der Waals surface area contributed by atoms with Crippen molar-refractivity contribution < 1.29 is 23.8 Å². The van der Waals surface area contributed by atoms with Crippen molar-refractivity contribution in [2.45, 2.75) is 52.1 Å². The molecular weight excluding hydrogens is 332 g/mol. The van der Waals surface area contributed by atoms with Crippen molar-refractivity contribution in [1.29, 1.82) is 0 Å². The quantitative estimate of drug-likeness (QED) is 0.644. The lowest BCUT2D eigenvalue weighted by atomic mass is 9.46. The Kier molecular flexibility index (Phi) is 5.11. The fourth-order valence-electron chi connectivity index (χ4n) is 5.51. The summed E-state index contributed by atoms with van der Waals surface area (Å²) in [5.41, 5.74) is 0.834. The minimum Gasteiger partial charge on any atom is -0.472 e. The highest BCUT2D eigenvalue weighted by Crippen LogP contribution is 2.61. The fraction of sp³-hybridized carbons (Fsp3) is 0.619. The molecule has 3 rings (SSSR count). The summed E-state index contributed by atoms with van der Waals surface area (Å²) in [6.07, 6.45) is 8.99. The van der Waals surface area contributed by atoms with Gasteiger partial charge in [0.2, 0.25) is 0 Å². The van der Waals surface area contributed by atoms with E-state index in [-0.39, 0.29) is 17.8 Å². The van der Waals surface area contributed by atoms with Gasteiger partial charge in [-0.1, -0.05) is 19.9 Å². The number of rotatable bonds is 5. The second-order valence-electron chi connectivity index (χ2n) is 8.23. The molecule has 2 aliphatic rings. The first-order valence-corrected chi connectivity index (χ1v) is 9.30. The number of carbonyl (C=O) groups excluding carboxylic acids is 2. The van der Waals surface area contributed by atoms with Crippen LogP contribution in [0.25, 0.3) is 0 Å². The highest BCUT2D eigenvalue weighted by Gasteiger charge is 2.59. The molecule has 5 nitrogen and oxygen atoms in total. The van der Waals surface area contributed by atoms with Gasteiger partial charge in [-0.15, -0.1) is 0 Å². The summed E-state index contributed by atoms with van der Waals surface area (Å²) in [6, 6.07) is 1.93. The number of esters is 1. The molecule has 26 heavy (non-hydrogen) atoms. The number of hydrogen-bond donors (Lipinski definition) is 1. The maximum atomic E-state index is 12.4. The lowest BCUT2D eigenvalue weighted by molar-refractivity contribution is -0.148. The molecule has 1 saturated carbocycles. The summed E-state index contributed by atoms with van der Waals surface area (Å²) < 4.78 is 10.2. The Balaban J connectivity index is 1.99. The van der Waals surface area contributed by atoms with Gasteiger partial charge in [0.1, 0.15) is 6.29 Å². The van der Waals surface area contributed by atoms with E-state index in [0.717, 1.165) is 24.7 Å². The van der Waals surface area contributed by atoms with Crippen LogP contribution in [-0.2, 0) is 20.7 Å². The van der Waals surface area contributed by atoms with Crippen LogP contribution in [-0.4, -0.2) is 30.6 Å². The zero-order valence-corrected chi connectivity index (χ0v) is 15.7. The number of carbonyl (C=O) groups is 2. The van der Waals surface area contributed by atoms with Crippen LogP contribution < -0.4 is 0 Å². The first kappa shape index (κ1) is 18.9. The van der Waals surface area contributed by atoms with Crippen molar-refractivity contribution in [2.75, 3.05) is 7.11 Å². The summed E-state index contributed by atoms with van der Waals surface area (Å²) in [6.45, 7) is 4.14. The van der Waals surface area contributed by atoms with E-state index < -0.39 is 16.9 Å². The van der Waals surface area contributed by atoms with Crippen LogP contribution in [0.3, 0.4) is 0 Å². The monoisotopic (exact) mass is 360 g/mol. The zero-order valence-electron chi connectivity index (χ0n) is 15.7. The van der Waals surface area contributed by atoms with Gasteiger partial charge in [-0.2, -0.15) is 0 Å². The first-order valence-electron chi connectivity index (χ1n) is 9.30. The number of ether oxygens (including phenoxy) is 1. The molecular formula is C21H28O5. The normalized spacial score (nSPS) is 36.8. The number of aliphatic hydroxyl groups excluding tert-OH is 1. The molecule has 1 fully saturated rings. The van der Waals surface area contributed by atoms with Gasteiger partial charge in [-0.3, -0.25) is 0 Å². The Labute approximate surface area is 154 Å². The third-order valence-corrected chi connectivity index (χ3v) is 6.88. The molecule has 0 aliphatic heterocycles. The molecule has 0 radical (unpaired) electrons. The number of methoxy groups -OCH3 is 1. The molecule has 0 amide bonds. The van der Waals surface area contributed by atoms with Crippen molar-refractivity contribution in [3.05, 3.63) is 35.8 Å². The lowest BCUT2D eigenvalue weighted by Gasteiger charge is -2.58. The van der Waals surface area contributed by atoms with Crippen molar-refractivity contribution in [1.82, 2.24) is 0 Å². The van der Waals surface area contributed by atoms with Crippen LogP contribution in [0.4, 0.5) is 0 Å². The number of hydrogen-bond acceptors (Lipinski definition) is 5. The van der Waals surface area contributed by atoms with Crippen LogP contribution in [0, 0.1) is 22.7 Å². The standard InChI is InChI=1S/C21H28O5/c1-20(9-6-14-8-11-26-13-14)15(12-22)7-10-21(2)16(19(24)25-3)4-5-17(23)18(20)21/h4,8,11-13,15,17-18,23H,5-7,9-10H2,1-3H3/t15-,17-,18+,20-,21-/m0/s1. The molecule has 0 spiro atoms. The summed E-state index contributed by atoms with van der Waals surface area (Å²) in [4.78, 5) is 24.3. The first-order chi connectivity index (χ1) is 12.4. The second kappa shape index (κ2) is 7.03. The van der Waals surface area contributed by atoms with E-state index in [1.54, 1.807) is 12.5 Å². The molecule has 0 saturated heterocycles. The summed E-state index contributed by atoms with van der Waals surface area (Å²) in [5, 5.41) is 10.9. The molecule has 0 aromatic carbocycles. The van der Waals surface area contributed by atoms with Gasteiger partial charge in [-0.25, -0.2) is 4.79 Å². The SMILES string of the molecule is COC(=O)C1=CC[C@H](O)[C@@H]2[C@@](C)(CCc3ccoc3)[C@H](C=O)CC[C@@]12C. The minimum absolute atomic E-state index is 0.140. The molecule has 1 heterocycles. The van der Waals surface area contributed by atoms with E-state index in [1.165, 1.54) is 7.11 Å². The van der Waals surface area contributed by atoms with Gasteiger partial charge in [0.25, 0.3) is 0 Å². The predicted octanol–water partition coefficient (Wildman–Crippen LogP) is 3.31. The minimum atomic E-state index is -0.578. The summed E-state index contributed by atoms with van der Waals surface area (Å²) in [5.74, 6) is -0.643. The number of fused-ring (bicyclic) bond motifs is 1. The largest absolute Gasteiger partial charge is 0.472 e. The Morgan fingerprint density at radius 2 is 2.23 bits per heavy atom. The van der Waals surface area contributed by atoms with Crippen molar-refractivity contribution in [3.8, 4) is 0 Å². The Morgan fingerprint density at radius 1 is 1.46 bits per heavy atom. The number of aryl methyl sites for hydroxylation is 1. The average Bonchev–Trinajstić information content (AvgIpc) is 3.13. The summed E-state index contributed by atoms with van der Waals surface area (Å²) in [7, 11) is 1.39. The molecule has 2 aliphatic carbocycles. The van der Waals surface area contributed by atoms with Gasteiger partial charge < -0.3 is 19.1 Å². The Morgan fingerprint density at radius 3 is 2.85 bits per heavy atom. The van der Waals surface area contributed by atoms with Crippen molar-refractivity contribution in [2.24, 2.45) is 22.7 Å². The fourth-order valence-corrected chi connectivity index (χ4v) is 5.51. The highest BCUT2D eigenvalue weighted by molar-refractivity contribution is 5.90. The molecule has 5 atom stereocenters. The molecule has 142 valence electrons. The van der Waals surface area contributed by atoms with Crippen molar-refractivity contribution in [3.63, 3.8) is 0 Å². The predicted molar refractivity (Wildman–Crippen MR) is 96.2 cm³/mol. The average molecular weight is 360 g/mol. The van der Waals surface area contributed by atoms with E-state index in [2.05, 4.69) is 6.92 Å². The Bertz CT molecular complexity index is 691. The maximum absolute atomic E-state index is 12.4.